The lowest BCUT2D eigenvalue weighted by atomic mass is 9.96. The van der Waals surface area contributed by atoms with Crippen molar-refractivity contribution in [3.05, 3.63) is 65.9 Å². The first-order valence-corrected chi connectivity index (χ1v) is 8.31. The van der Waals surface area contributed by atoms with Crippen molar-refractivity contribution < 1.29 is 4.74 Å². The van der Waals surface area contributed by atoms with E-state index in [2.05, 4.69) is 64.6 Å². The standard InChI is InChI=1S/C20H22N2O/c1-23-16-10-8-15(9-11-16)20(22-12-4-5-13-22)18-14-21-19-7-3-2-6-17(18)19/h2-3,6-11,14,20-21H,4-5,12-13H2,1H3. The monoisotopic (exact) mass is 306 g/mol. The quantitative estimate of drug-likeness (QED) is 0.775. The molecule has 1 aromatic heterocycles. The number of benzene rings is 2. The zero-order chi connectivity index (χ0) is 15.6. The van der Waals surface area contributed by atoms with Gasteiger partial charge in [0, 0.05) is 17.1 Å². The Bertz CT molecular complexity index is 785. The summed E-state index contributed by atoms with van der Waals surface area (Å²) in [6.07, 6.45) is 4.75. The van der Waals surface area contributed by atoms with Crippen molar-refractivity contribution in [2.24, 2.45) is 0 Å². The average Bonchev–Trinajstić information content (AvgIpc) is 3.27. The van der Waals surface area contributed by atoms with E-state index < -0.39 is 0 Å². The van der Waals surface area contributed by atoms with Crippen molar-refractivity contribution in [2.75, 3.05) is 20.2 Å². The minimum Gasteiger partial charge on any atom is -0.497 e. The molecule has 3 aromatic rings. The van der Waals surface area contributed by atoms with Gasteiger partial charge in [0.2, 0.25) is 0 Å². The van der Waals surface area contributed by atoms with Gasteiger partial charge >= 0.3 is 0 Å². The van der Waals surface area contributed by atoms with Gasteiger partial charge in [-0.05, 0) is 55.3 Å². The van der Waals surface area contributed by atoms with E-state index in [9.17, 15) is 0 Å². The van der Waals surface area contributed by atoms with Crippen LogP contribution in [0.25, 0.3) is 10.9 Å². The van der Waals surface area contributed by atoms with Gasteiger partial charge in [0.05, 0.1) is 13.2 Å². The molecule has 118 valence electrons. The van der Waals surface area contributed by atoms with E-state index in [-0.39, 0.29) is 0 Å². The number of hydrogen-bond acceptors (Lipinski definition) is 2. The van der Waals surface area contributed by atoms with E-state index in [0.29, 0.717) is 6.04 Å². The fourth-order valence-corrected chi connectivity index (χ4v) is 3.69. The number of para-hydroxylation sites is 1. The van der Waals surface area contributed by atoms with E-state index in [1.54, 1.807) is 7.11 Å². The van der Waals surface area contributed by atoms with E-state index in [4.69, 9.17) is 4.74 Å². The molecule has 1 aliphatic heterocycles. The first-order chi connectivity index (χ1) is 11.4. The molecule has 1 saturated heterocycles. The molecule has 1 fully saturated rings. The summed E-state index contributed by atoms with van der Waals surface area (Å²) in [6, 6.07) is 17.4. The van der Waals surface area contributed by atoms with Crippen LogP contribution in [0.2, 0.25) is 0 Å². The molecular formula is C20H22N2O. The molecule has 0 saturated carbocycles. The Hall–Kier alpha value is -2.26. The van der Waals surface area contributed by atoms with Crippen LogP contribution in [-0.4, -0.2) is 30.1 Å². The zero-order valence-corrected chi connectivity index (χ0v) is 13.5. The van der Waals surface area contributed by atoms with Gasteiger partial charge in [-0.25, -0.2) is 0 Å². The molecule has 0 spiro atoms. The molecule has 1 aliphatic rings. The van der Waals surface area contributed by atoms with Crippen LogP contribution in [0.15, 0.2) is 54.7 Å². The third-order valence-corrected chi connectivity index (χ3v) is 4.85. The van der Waals surface area contributed by atoms with E-state index in [1.165, 1.54) is 34.9 Å². The summed E-state index contributed by atoms with van der Waals surface area (Å²) in [5.74, 6) is 0.910. The Morgan fingerprint density at radius 3 is 2.48 bits per heavy atom. The second-order valence-electron chi connectivity index (χ2n) is 6.21. The molecule has 1 N–H and O–H groups in total. The summed E-state index contributed by atoms with van der Waals surface area (Å²) in [5, 5.41) is 1.32. The van der Waals surface area contributed by atoms with Crippen molar-refractivity contribution >= 4 is 10.9 Å². The molecule has 3 heteroatoms. The molecule has 0 aliphatic carbocycles. The number of methoxy groups -OCH3 is 1. The van der Waals surface area contributed by atoms with Gasteiger partial charge in [0.25, 0.3) is 0 Å². The molecule has 2 aromatic carbocycles. The highest BCUT2D eigenvalue weighted by molar-refractivity contribution is 5.84. The van der Waals surface area contributed by atoms with Crippen LogP contribution in [0.1, 0.15) is 30.0 Å². The van der Waals surface area contributed by atoms with Crippen LogP contribution in [0.4, 0.5) is 0 Å². The van der Waals surface area contributed by atoms with Crippen LogP contribution in [0, 0.1) is 0 Å². The van der Waals surface area contributed by atoms with Crippen LogP contribution >= 0.6 is 0 Å². The fraction of sp³-hybridized carbons (Fsp3) is 0.300. The van der Waals surface area contributed by atoms with Gasteiger partial charge in [0.15, 0.2) is 0 Å². The molecule has 1 atom stereocenters. The number of fused-ring (bicyclic) bond motifs is 1. The van der Waals surface area contributed by atoms with Gasteiger partial charge < -0.3 is 9.72 Å². The fourth-order valence-electron chi connectivity index (χ4n) is 3.69. The number of H-pyrrole nitrogens is 1. The number of rotatable bonds is 4. The third kappa shape index (κ3) is 2.62. The third-order valence-electron chi connectivity index (χ3n) is 4.85. The van der Waals surface area contributed by atoms with E-state index >= 15 is 0 Å². The molecule has 0 radical (unpaired) electrons. The smallest absolute Gasteiger partial charge is 0.118 e. The molecule has 0 amide bonds. The van der Waals surface area contributed by atoms with Crippen LogP contribution in [0.3, 0.4) is 0 Å². The van der Waals surface area contributed by atoms with Crippen LogP contribution in [0.5, 0.6) is 5.75 Å². The Morgan fingerprint density at radius 2 is 1.74 bits per heavy atom. The van der Waals surface area contributed by atoms with Crippen LogP contribution < -0.4 is 4.74 Å². The number of nitrogens with one attached hydrogen (secondary N) is 1. The van der Waals surface area contributed by atoms with Crippen molar-refractivity contribution in [2.45, 2.75) is 18.9 Å². The van der Waals surface area contributed by atoms with Crippen molar-refractivity contribution in [3.63, 3.8) is 0 Å². The summed E-state index contributed by atoms with van der Waals surface area (Å²) in [7, 11) is 1.71. The van der Waals surface area contributed by atoms with Crippen molar-refractivity contribution in [1.82, 2.24) is 9.88 Å². The number of nitrogens with zero attached hydrogens (tertiary/aromatic N) is 1. The van der Waals surface area contributed by atoms with Gasteiger partial charge in [-0.3, -0.25) is 4.90 Å². The van der Waals surface area contributed by atoms with Gasteiger partial charge in [-0.15, -0.1) is 0 Å². The number of aromatic amines is 1. The number of aromatic nitrogens is 1. The van der Waals surface area contributed by atoms with Gasteiger partial charge in [-0.1, -0.05) is 30.3 Å². The second-order valence-corrected chi connectivity index (χ2v) is 6.21. The number of ether oxygens (including phenoxy) is 1. The highest BCUT2D eigenvalue weighted by Crippen LogP contribution is 2.36. The Balaban J connectivity index is 1.81. The predicted molar refractivity (Wildman–Crippen MR) is 93.9 cm³/mol. The maximum absolute atomic E-state index is 5.32. The SMILES string of the molecule is COc1ccc(C(c2c[nH]c3ccccc23)N2CCCC2)cc1. The Morgan fingerprint density at radius 1 is 1.00 bits per heavy atom. The zero-order valence-electron chi connectivity index (χ0n) is 13.5. The summed E-state index contributed by atoms with van der Waals surface area (Å²) in [5.41, 5.74) is 3.91. The number of likely N-dealkylation sites (tertiary alicyclic amines) is 1. The first kappa shape index (κ1) is 14.3. The van der Waals surface area contributed by atoms with Crippen LogP contribution in [-0.2, 0) is 0 Å². The van der Waals surface area contributed by atoms with Crippen molar-refractivity contribution in [1.29, 1.82) is 0 Å². The van der Waals surface area contributed by atoms with Crippen molar-refractivity contribution in [3.8, 4) is 5.75 Å². The lowest BCUT2D eigenvalue weighted by Gasteiger charge is -2.28. The molecule has 23 heavy (non-hydrogen) atoms. The van der Waals surface area contributed by atoms with Gasteiger partial charge in [-0.2, -0.15) is 0 Å². The Labute approximate surface area is 136 Å². The highest BCUT2D eigenvalue weighted by atomic mass is 16.5. The molecule has 4 rings (SSSR count). The minimum atomic E-state index is 0.305. The lowest BCUT2D eigenvalue weighted by molar-refractivity contribution is 0.282. The second kappa shape index (κ2) is 6.09. The highest BCUT2D eigenvalue weighted by Gasteiger charge is 2.27. The Kier molecular flexibility index (Phi) is 3.80. The van der Waals surface area contributed by atoms with E-state index in [0.717, 1.165) is 18.8 Å². The van der Waals surface area contributed by atoms with Gasteiger partial charge in [0.1, 0.15) is 5.75 Å². The molecule has 0 bridgehead atoms. The molecule has 2 heterocycles. The lowest BCUT2D eigenvalue weighted by Crippen LogP contribution is -2.26. The molecular weight excluding hydrogens is 284 g/mol. The number of hydrogen-bond donors (Lipinski definition) is 1. The average molecular weight is 306 g/mol. The predicted octanol–water partition coefficient (Wildman–Crippen LogP) is 4.36. The maximum atomic E-state index is 5.32. The summed E-state index contributed by atoms with van der Waals surface area (Å²) >= 11 is 0. The minimum absolute atomic E-state index is 0.305. The largest absolute Gasteiger partial charge is 0.497 e. The normalized spacial score (nSPS) is 16.7. The topological polar surface area (TPSA) is 28.3 Å². The first-order valence-electron chi connectivity index (χ1n) is 8.31. The summed E-state index contributed by atoms with van der Waals surface area (Å²) in [4.78, 5) is 6.03. The maximum Gasteiger partial charge on any atom is 0.118 e. The molecule has 3 nitrogen and oxygen atoms in total. The summed E-state index contributed by atoms with van der Waals surface area (Å²) < 4.78 is 5.32. The summed E-state index contributed by atoms with van der Waals surface area (Å²) in [6.45, 7) is 2.33. The molecule has 1 unspecified atom stereocenters. The van der Waals surface area contributed by atoms with E-state index in [1.807, 2.05) is 0 Å².